The number of carbonyl (C=O) groups is 2. The van der Waals surface area contributed by atoms with Crippen molar-refractivity contribution in [3.8, 4) is 0 Å². The summed E-state index contributed by atoms with van der Waals surface area (Å²) in [5.74, 6) is 0.00444. The first-order valence-corrected chi connectivity index (χ1v) is 40.8. The maximum atomic E-state index is 12.5. The first kappa shape index (κ1) is 85.9. The zero-order chi connectivity index (χ0) is 62.8. The average Bonchev–Trinajstić information content (AvgIpc) is 3.56. The monoisotopic (exact) mass is 1230 g/mol. The fraction of sp³-hybridized carbons (Fsp3) is 0.975. The maximum Gasteiger partial charge on any atom is 0.305 e. The molecule has 0 saturated heterocycles. The minimum Gasteiger partial charge on any atom is -0.466 e. The van der Waals surface area contributed by atoms with Crippen LogP contribution < -0.4 is 5.32 Å². The van der Waals surface area contributed by atoms with Crippen molar-refractivity contribution < 1.29 is 24.5 Å². The van der Waals surface area contributed by atoms with Crippen molar-refractivity contribution in [2.75, 3.05) is 13.2 Å². The molecule has 3 N–H and O–H groups in total. The molecule has 0 radical (unpaired) electrons. The highest BCUT2D eigenvalue weighted by atomic mass is 16.5. The molecule has 520 valence electrons. The van der Waals surface area contributed by atoms with Crippen LogP contribution in [-0.4, -0.2) is 47.4 Å². The Kier molecular flexibility index (Phi) is 76.3. The highest BCUT2D eigenvalue weighted by molar-refractivity contribution is 5.76. The van der Waals surface area contributed by atoms with Gasteiger partial charge in [0.15, 0.2) is 0 Å². The lowest BCUT2D eigenvalue weighted by atomic mass is 10.0. The molecular formula is C81H161NO5. The van der Waals surface area contributed by atoms with Crippen LogP contribution in [0.5, 0.6) is 0 Å². The molecule has 0 aromatic heterocycles. The van der Waals surface area contributed by atoms with E-state index in [0.717, 1.165) is 38.5 Å². The largest absolute Gasteiger partial charge is 0.466 e. The Hall–Kier alpha value is -1.14. The number of carbonyl (C=O) groups excluding carboxylic acids is 2. The number of rotatable bonds is 78. The zero-order valence-electron chi connectivity index (χ0n) is 59.8. The molecule has 0 aliphatic rings. The summed E-state index contributed by atoms with van der Waals surface area (Å²) in [4.78, 5) is 24.6. The summed E-state index contributed by atoms with van der Waals surface area (Å²) in [5.41, 5.74) is 0. The smallest absolute Gasteiger partial charge is 0.305 e. The van der Waals surface area contributed by atoms with Crippen molar-refractivity contribution in [3.63, 3.8) is 0 Å². The number of aliphatic hydroxyl groups excluding tert-OH is 2. The third-order valence-corrected chi connectivity index (χ3v) is 19.7. The molecule has 0 fully saturated rings. The molecule has 1 amide bonds. The van der Waals surface area contributed by atoms with Crippen molar-refractivity contribution in [2.45, 2.75) is 495 Å². The minimum atomic E-state index is -0.659. The second-order valence-electron chi connectivity index (χ2n) is 28.5. The van der Waals surface area contributed by atoms with Gasteiger partial charge in [0, 0.05) is 12.8 Å². The molecule has 0 saturated carbocycles. The van der Waals surface area contributed by atoms with Gasteiger partial charge >= 0.3 is 5.97 Å². The fourth-order valence-corrected chi connectivity index (χ4v) is 13.5. The van der Waals surface area contributed by atoms with Crippen molar-refractivity contribution >= 4 is 11.9 Å². The highest BCUT2D eigenvalue weighted by Gasteiger charge is 2.20. The SMILES string of the molecule is CCCCCCCCCCCCCCCCCCC(=O)OCCCCCCCCCCCCCCCCCCCCCCCCCCCCCCCCCCCCCCCCCC(=O)NC(CO)C(O)CCCCCCCCCCCCCCCCC. The topological polar surface area (TPSA) is 95.9 Å². The van der Waals surface area contributed by atoms with E-state index >= 15 is 0 Å². The van der Waals surface area contributed by atoms with Crippen LogP contribution >= 0.6 is 0 Å². The van der Waals surface area contributed by atoms with Crippen molar-refractivity contribution in [1.82, 2.24) is 5.32 Å². The summed E-state index contributed by atoms with van der Waals surface area (Å²) in [6.45, 7) is 5.02. The fourth-order valence-electron chi connectivity index (χ4n) is 13.5. The molecule has 0 rings (SSSR count). The molecule has 6 heteroatoms. The first-order chi connectivity index (χ1) is 43.0. The summed E-state index contributed by atoms with van der Waals surface area (Å²) < 4.78 is 5.52. The van der Waals surface area contributed by atoms with Crippen LogP contribution in [0.1, 0.15) is 483 Å². The van der Waals surface area contributed by atoms with E-state index in [-0.39, 0.29) is 18.5 Å². The number of nitrogens with one attached hydrogen (secondary N) is 1. The Balaban J connectivity index is 3.27. The van der Waals surface area contributed by atoms with Gasteiger partial charge in [0.25, 0.3) is 0 Å². The third kappa shape index (κ3) is 73.8. The molecular weight excluding hydrogens is 1070 g/mol. The molecule has 0 bridgehead atoms. The summed E-state index contributed by atoms with van der Waals surface area (Å²) in [7, 11) is 0. The number of amides is 1. The van der Waals surface area contributed by atoms with E-state index in [1.165, 1.54) is 411 Å². The van der Waals surface area contributed by atoms with Gasteiger partial charge in [-0.25, -0.2) is 0 Å². The van der Waals surface area contributed by atoms with Crippen LogP contribution in [-0.2, 0) is 14.3 Å². The lowest BCUT2D eigenvalue weighted by Crippen LogP contribution is -2.45. The Bertz CT molecular complexity index is 1280. The molecule has 0 spiro atoms. The van der Waals surface area contributed by atoms with Crippen LogP contribution in [0.3, 0.4) is 0 Å². The molecule has 0 aliphatic heterocycles. The number of unbranched alkanes of at least 4 members (excludes halogenated alkanes) is 67. The van der Waals surface area contributed by atoms with Crippen molar-refractivity contribution in [2.24, 2.45) is 0 Å². The molecule has 87 heavy (non-hydrogen) atoms. The summed E-state index contributed by atoms with van der Waals surface area (Å²) in [6, 6.07) is -0.535. The van der Waals surface area contributed by atoms with Crippen LogP contribution in [0.15, 0.2) is 0 Å². The van der Waals surface area contributed by atoms with Gasteiger partial charge in [-0.05, 0) is 25.7 Å². The van der Waals surface area contributed by atoms with Gasteiger partial charge in [-0.2, -0.15) is 0 Å². The maximum absolute atomic E-state index is 12.5. The third-order valence-electron chi connectivity index (χ3n) is 19.7. The van der Waals surface area contributed by atoms with Crippen LogP contribution in [0.25, 0.3) is 0 Å². The van der Waals surface area contributed by atoms with Gasteiger partial charge in [-0.15, -0.1) is 0 Å². The Labute approximate surface area is 547 Å². The standard InChI is InChI=1S/C81H161NO5/c1-3-5-7-9-11-13-15-17-19-47-51-55-59-63-67-71-75-81(86)87-76-72-68-64-60-56-52-48-44-42-40-38-36-34-32-30-28-26-24-22-20-21-23-25-27-29-31-33-35-37-39-41-43-46-50-54-58-62-66-70-74-80(85)82-78(77-83)79(84)73-69-65-61-57-53-49-45-18-16-14-12-10-8-6-4-2/h78-79,83-84H,3-77H2,1-2H3,(H,82,85). The number of ether oxygens (including phenoxy) is 1. The molecule has 0 aromatic rings. The summed E-state index contributed by atoms with van der Waals surface area (Å²) in [6.07, 6.45) is 96.5. The van der Waals surface area contributed by atoms with Gasteiger partial charge < -0.3 is 20.3 Å². The van der Waals surface area contributed by atoms with Gasteiger partial charge in [-0.3, -0.25) is 9.59 Å². The van der Waals surface area contributed by atoms with Gasteiger partial charge in [0.2, 0.25) is 5.91 Å². The van der Waals surface area contributed by atoms with Crippen LogP contribution in [0.2, 0.25) is 0 Å². The van der Waals surface area contributed by atoms with Crippen LogP contribution in [0, 0.1) is 0 Å². The van der Waals surface area contributed by atoms with E-state index < -0.39 is 12.1 Å². The quantitative estimate of drug-likeness (QED) is 0.0417. The van der Waals surface area contributed by atoms with E-state index in [4.69, 9.17) is 4.74 Å². The van der Waals surface area contributed by atoms with E-state index in [2.05, 4.69) is 19.2 Å². The molecule has 6 nitrogen and oxygen atoms in total. The highest BCUT2D eigenvalue weighted by Crippen LogP contribution is 2.21. The molecule has 0 aromatic carbocycles. The molecule has 2 atom stereocenters. The lowest BCUT2D eigenvalue weighted by molar-refractivity contribution is -0.143. The van der Waals surface area contributed by atoms with Gasteiger partial charge in [0.05, 0.1) is 25.4 Å². The number of hydrogen-bond acceptors (Lipinski definition) is 5. The zero-order valence-corrected chi connectivity index (χ0v) is 59.8. The Morgan fingerprint density at radius 1 is 0.276 bits per heavy atom. The lowest BCUT2D eigenvalue weighted by Gasteiger charge is -2.22. The first-order valence-electron chi connectivity index (χ1n) is 40.8. The minimum absolute atomic E-state index is 0.0245. The second kappa shape index (κ2) is 77.3. The average molecular weight is 1230 g/mol. The summed E-state index contributed by atoms with van der Waals surface area (Å²) in [5, 5.41) is 23.4. The number of esters is 1. The van der Waals surface area contributed by atoms with Crippen molar-refractivity contribution in [3.05, 3.63) is 0 Å². The normalized spacial score (nSPS) is 12.4. The van der Waals surface area contributed by atoms with Crippen LogP contribution in [0.4, 0.5) is 0 Å². The van der Waals surface area contributed by atoms with E-state index in [1.54, 1.807) is 0 Å². The predicted molar refractivity (Wildman–Crippen MR) is 384 cm³/mol. The number of hydrogen-bond donors (Lipinski definition) is 3. The van der Waals surface area contributed by atoms with E-state index in [1.807, 2.05) is 0 Å². The second-order valence-corrected chi connectivity index (χ2v) is 28.5. The molecule has 0 aliphatic carbocycles. The Morgan fingerprint density at radius 2 is 0.471 bits per heavy atom. The van der Waals surface area contributed by atoms with Gasteiger partial charge in [0.1, 0.15) is 0 Å². The van der Waals surface area contributed by atoms with Gasteiger partial charge in [-0.1, -0.05) is 444 Å². The Morgan fingerprint density at radius 3 is 0.701 bits per heavy atom. The molecule has 0 heterocycles. The van der Waals surface area contributed by atoms with E-state index in [9.17, 15) is 19.8 Å². The summed E-state index contributed by atoms with van der Waals surface area (Å²) >= 11 is 0. The van der Waals surface area contributed by atoms with E-state index in [0.29, 0.717) is 25.9 Å². The number of aliphatic hydroxyl groups is 2. The predicted octanol–water partition coefficient (Wildman–Crippen LogP) is 26.9. The van der Waals surface area contributed by atoms with Crippen molar-refractivity contribution in [1.29, 1.82) is 0 Å². The molecule has 2 unspecified atom stereocenters.